The van der Waals surface area contributed by atoms with Crippen molar-refractivity contribution in [3.8, 4) is 0 Å². The lowest BCUT2D eigenvalue weighted by Crippen LogP contribution is -2.63. The predicted molar refractivity (Wildman–Crippen MR) is 157 cm³/mol. The molecule has 0 aromatic heterocycles. The van der Waals surface area contributed by atoms with Crippen LogP contribution in [0.3, 0.4) is 0 Å². The van der Waals surface area contributed by atoms with Crippen molar-refractivity contribution in [3.05, 3.63) is 23.8 Å². The minimum atomic E-state index is -1.23. The van der Waals surface area contributed by atoms with Gasteiger partial charge >= 0.3 is 5.97 Å². The molecule has 6 rings (SSSR count). The number of Topliss-reactive ketones (excluding diaryl/α,β-unsaturated/α-hetero) is 1. The number of carbonyl (C=O) groups is 3. The van der Waals surface area contributed by atoms with Crippen molar-refractivity contribution >= 4 is 17.5 Å². The highest BCUT2D eigenvalue weighted by molar-refractivity contribution is 6.01. The third kappa shape index (κ3) is 5.23. The van der Waals surface area contributed by atoms with Crippen LogP contribution >= 0.6 is 0 Å². The van der Waals surface area contributed by atoms with Gasteiger partial charge in [-0.2, -0.15) is 0 Å². The summed E-state index contributed by atoms with van der Waals surface area (Å²) in [6.07, 6.45) is 9.59. The van der Waals surface area contributed by atoms with E-state index in [0.717, 1.165) is 37.7 Å². The van der Waals surface area contributed by atoms with Crippen molar-refractivity contribution in [3.63, 3.8) is 0 Å². The number of hydrogen-bond acceptors (Lipinski definition) is 10. The molecule has 0 radical (unpaired) electrons. The summed E-state index contributed by atoms with van der Waals surface area (Å²) in [6.45, 7) is 6.26. The standard InChI is InChI=1S/C34H48O10/c1-5-7-30-43-27-15-24-23-11-10-20-14-21(35)12-13-32(20,2)31(23)25(36)16-33(24,3)34(27,44-30)26(37)18-41-29-9-6-8-22(42-29)17-40-19-28(38)39-4/h12-14,22-25,27,29-31,36H,5-11,15-19H2,1-4H3/t22?,23-,24-,25-,27+,29?,30?,31+,32-,33-,34+/m0/s1. The van der Waals surface area contributed by atoms with E-state index in [1.165, 1.54) is 7.11 Å². The second-order valence-corrected chi connectivity index (χ2v) is 14.1. The second-order valence-electron chi connectivity index (χ2n) is 14.1. The first-order valence-electron chi connectivity index (χ1n) is 16.5. The molecule has 0 amide bonds. The Morgan fingerprint density at radius 1 is 1.14 bits per heavy atom. The molecule has 2 heterocycles. The van der Waals surface area contributed by atoms with Gasteiger partial charge in [0.2, 0.25) is 0 Å². The number of fused-ring (bicyclic) bond motifs is 7. The maximum atomic E-state index is 14.5. The number of aliphatic hydroxyl groups is 1. The fourth-order valence-corrected chi connectivity index (χ4v) is 9.72. The molecular formula is C34H48O10. The van der Waals surface area contributed by atoms with Crippen LogP contribution in [0.1, 0.15) is 78.6 Å². The molecule has 2 aliphatic heterocycles. The molecular weight excluding hydrogens is 568 g/mol. The average Bonchev–Trinajstić information content (AvgIpc) is 3.48. The fraction of sp³-hybridized carbons (Fsp3) is 0.794. The van der Waals surface area contributed by atoms with Gasteiger partial charge in [0.15, 0.2) is 29.7 Å². The number of carbonyl (C=O) groups excluding carboxylic acids is 3. The lowest BCUT2D eigenvalue weighted by molar-refractivity contribution is -0.220. The summed E-state index contributed by atoms with van der Waals surface area (Å²) in [6, 6.07) is 0. The summed E-state index contributed by atoms with van der Waals surface area (Å²) in [5.41, 5.74) is -1.16. The van der Waals surface area contributed by atoms with E-state index in [-0.39, 0.29) is 55.2 Å². The number of ether oxygens (including phenoxy) is 6. The maximum Gasteiger partial charge on any atom is 0.331 e. The highest BCUT2D eigenvalue weighted by Crippen LogP contribution is 2.69. The Labute approximate surface area is 259 Å². The SMILES string of the molecule is CCCC1O[C@@H]2C[C@H]3[C@@H]4CCC5=CC(=O)C=C[C@]5(C)[C@H]4[C@@H](O)C[C@]3(C)[C@]2(C(=O)COC2CCCC(COCC(=O)OC)O2)O1. The summed E-state index contributed by atoms with van der Waals surface area (Å²) in [5.74, 6) is -0.372. The van der Waals surface area contributed by atoms with Gasteiger partial charge in [0.05, 0.1) is 32.0 Å². The summed E-state index contributed by atoms with van der Waals surface area (Å²) in [4.78, 5) is 38.0. The second kappa shape index (κ2) is 12.3. The summed E-state index contributed by atoms with van der Waals surface area (Å²) in [7, 11) is 1.32. The van der Waals surface area contributed by atoms with Crippen LogP contribution in [0, 0.1) is 28.6 Å². The Balaban J connectivity index is 1.20. The number of methoxy groups -OCH3 is 1. The molecule has 1 N–H and O–H groups in total. The largest absolute Gasteiger partial charge is 0.467 e. The molecule has 11 atom stereocenters. The topological polar surface area (TPSA) is 127 Å². The van der Waals surface area contributed by atoms with Gasteiger partial charge in [-0.05, 0) is 75.4 Å². The molecule has 0 bridgehead atoms. The molecule has 10 heteroatoms. The summed E-state index contributed by atoms with van der Waals surface area (Å²) >= 11 is 0. The number of ketones is 2. The minimum Gasteiger partial charge on any atom is -0.467 e. The van der Waals surface area contributed by atoms with Crippen LogP contribution in [0.15, 0.2) is 23.8 Å². The van der Waals surface area contributed by atoms with Crippen LogP contribution in [0.4, 0.5) is 0 Å². The zero-order valence-corrected chi connectivity index (χ0v) is 26.5. The first-order chi connectivity index (χ1) is 21.1. The zero-order valence-electron chi connectivity index (χ0n) is 26.5. The van der Waals surface area contributed by atoms with E-state index in [1.54, 1.807) is 12.2 Å². The van der Waals surface area contributed by atoms with E-state index in [9.17, 15) is 19.5 Å². The molecule has 3 unspecified atom stereocenters. The Morgan fingerprint density at radius 2 is 1.95 bits per heavy atom. The van der Waals surface area contributed by atoms with Crippen LogP contribution in [-0.4, -0.2) is 86.1 Å². The summed E-state index contributed by atoms with van der Waals surface area (Å²) in [5, 5.41) is 11.9. The molecule has 0 aromatic rings. The highest BCUT2D eigenvalue weighted by Gasteiger charge is 2.75. The van der Waals surface area contributed by atoms with Crippen LogP contribution in [0.25, 0.3) is 0 Å². The molecule has 3 saturated carbocycles. The lowest BCUT2D eigenvalue weighted by Gasteiger charge is -2.59. The van der Waals surface area contributed by atoms with Crippen molar-refractivity contribution in [1.82, 2.24) is 0 Å². The molecule has 2 saturated heterocycles. The average molecular weight is 617 g/mol. The number of rotatable bonds is 10. The Bertz CT molecular complexity index is 1200. The van der Waals surface area contributed by atoms with Gasteiger partial charge in [-0.1, -0.05) is 38.8 Å². The smallest absolute Gasteiger partial charge is 0.331 e. The first-order valence-corrected chi connectivity index (χ1v) is 16.5. The van der Waals surface area contributed by atoms with Crippen LogP contribution in [0.2, 0.25) is 0 Å². The van der Waals surface area contributed by atoms with Crippen molar-refractivity contribution in [2.75, 3.05) is 26.9 Å². The zero-order chi connectivity index (χ0) is 31.3. The predicted octanol–water partition coefficient (Wildman–Crippen LogP) is 3.83. The maximum absolute atomic E-state index is 14.5. The van der Waals surface area contributed by atoms with E-state index in [1.807, 2.05) is 6.08 Å². The van der Waals surface area contributed by atoms with Crippen molar-refractivity contribution in [2.45, 2.75) is 115 Å². The minimum absolute atomic E-state index is 0.0109. The van der Waals surface area contributed by atoms with Gasteiger partial charge in [-0.15, -0.1) is 0 Å². The van der Waals surface area contributed by atoms with Gasteiger partial charge in [0, 0.05) is 16.7 Å². The van der Waals surface area contributed by atoms with E-state index < -0.39 is 47.2 Å². The van der Waals surface area contributed by atoms with Gasteiger partial charge < -0.3 is 33.5 Å². The number of hydrogen-bond donors (Lipinski definition) is 1. The third-order valence-electron chi connectivity index (χ3n) is 11.7. The van der Waals surface area contributed by atoms with E-state index in [0.29, 0.717) is 25.7 Å². The normalized spacial score (nSPS) is 44.3. The lowest BCUT2D eigenvalue weighted by atomic mass is 9.46. The first kappa shape index (κ1) is 32.0. The molecule has 10 nitrogen and oxygen atoms in total. The van der Waals surface area contributed by atoms with E-state index in [2.05, 4.69) is 25.5 Å². The summed E-state index contributed by atoms with van der Waals surface area (Å²) < 4.78 is 35.5. The Morgan fingerprint density at radius 3 is 2.73 bits per heavy atom. The van der Waals surface area contributed by atoms with Crippen LogP contribution in [0.5, 0.6) is 0 Å². The van der Waals surface area contributed by atoms with Crippen molar-refractivity contribution in [1.29, 1.82) is 0 Å². The number of aliphatic hydroxyl groups excluding tert-OH is 1. The van der Waals surface area contributed by atoms with Gasteiger partial charge in [-0.25, -0.2) is 4.79 Å². The van der Waals surface area contributed by atoms with Crippen molar-refractivity contribution < 1.29 is 47.9 Å². The van der Waals surface area contributed by atoms with Gasteiger partial charge in [0.1, 0.15) is 13.2 Å². The quantitative estimate of drug-likeness (QED) is 0.362. The molecule has 44 heavy (non-hydrogen) atoms. The highest BCUT2D eigenvalue weighted by atomic mass is 16.7. The molecule has 0 spiro atoms. The van der Waals surface area contributed by atoms with Gasteiger partial charge in [-0.3, -0.25) is 9.59 Å². The van der Waals surface area contributed by atoms with E-state index >= 15 is 0 Å². The fourth-order valence-electron chi connectivity index (χ4n) is 9.72. The molecule has 4 aliphatic carbocycles. The third-order valence-corrected chi connectivity index (χ3v) is 11.7. The molecule has 5 fully saturated rings. The van der Waals surface area contributed by atoms with Crippen molar-refractivity contribution in [2.24, 2.45) is 28.6 Å². The number of allylic oxidation sites excluding steroid dienone is 4. The van der Waals surface area contributed by atoms with Crippen LogP contribution in [-0.2, 0) is 42.8 Å². The Hall–Kier alpha value is -1.95. The van der Waals surface area contributed by atoms with Crippen LogP contribution < -0.4 is 0 Å². The number of esters is 1. The van der Waals surface area contributed by atoms with E-state index in [4.69, 9.17) is 23.7 Å². The molecule has 244 valence electrons. The Kier molecular flexibility index (Phi) is 8.98. The molecule has 6 aliphatic rings. The molecule has 0 aromatic carbocycles. The monoisotopic (exact) mass is 616 g/mol. The van der Waals surface area contributed by atoms with Gasteiger partial charge in [0.25, 0.3) is 0 Å².